The molecule has 0 radical (unpaired) electrons. The van der Waals surface area contributed by atoms with E-state index >= 15 is 0 Å². The number of fused-ring (bicyclic) bond motifs is 3. The molecule has 0 bridgehead atoms. The van der Waals surface area contributed by atoms with Crippen LogP contribution in [0.25, 0.3) is 0 Å². The first kappa shape index (κ1) is 125. The van der Waals surface area contributed by atoms with Crippen molar-refractivity contribution in [2.75, 3.05) is 105 Å². The molecule has 3 unspecified atom stereocenters. The second kappa shape index (κ2) is 48.7. The van der Waals surface area contributed by atoms with Gasteiger partial charge in [-0.2, -0.15) is 38.4 Å². The van der Waals surface area contributed by atoms with Gasteiger partial charge in [-0.25, -0.2) is 27.6 Å². The number of likely N-dealkylation sites (tertiary alicyclic amines) is 3. The van der Waals surface area contributed by atoms with E-state index < -0.39 is 230 Å². The second-order valence-corrected chi connectivity index (χ2v) is 55.8. The molecular weight excluding hydrogens is 1990 g/mol. The number of carbonyl (C=O) groups is 16. The first-order chi connectivity index (χ1) is 69.0. The third-order valence-electron chi connectivity index (χ3n) is 31.5. The quantitative estimate of drug-likeness (QED) is 0.0281. The fraction of sp³-hybridized carbons (Fsp3) is 0.769. The SMILES string of the molecule is C=CCNC(=O)C(=O)C(CCC)NC(=O)[C@@H]1[C@@H]2[C@H](CN1C(=O)[C@@H](NC(=O)N[C@H](CN1CCN(C(=O)OCc3ccccc3)S1(=O)=O)C(C)(C)C)C(C)(C)C)C2(C)C.CCCC(NC(=O)[C@@H]1[C@@H]2[C@H](CN1C(=O)[C@@H](NC(=O)N[C@H](CN1CCCN(C)S1(=O)=O)C(C)(C)C)C(C)(C)C)C2(C)C)C(=O)C(=O)NC.CCCCC(NC(=O)[C@@H]1[C@@H]2[C@H](CN1C(=O)[C@@H](NC(=O)N[C@H](CN1CCCS1(=O)=O)C(C)(C)C)C(C)(C)C)C2(C)C)C(=O)C(=O)NC. The van der Waals surface area contributed by atoms with E-state index in [0.717, 1.165) is 10.7 Å². The van der Waals surface area contributed by atoms with Crippen LogP contribution in [-0.4, -0.2) is 334 Å². The summed E-state index contributed by atoms with van der Waals surface area (Å²) in [4.78, 5) is 219. The summed E-state index contributed by atoms with van der Waals surface area (Å²) in [5.74, 6) is -7.79. The number of ether oxygens (including phenoxy) is 1. The van der Waals surface area contributed by atoms with E-state index in [9.17, 15) is 102 Å². The van der Waals surface area contributed by atoms with Crippen molar-refractivity contribution in [1.29, 1.82) is 0 Å². The molecule has 150 heavy (non-hydrogen) atoms. The van der Waals surface area contributed by atoms with Crippen molar-refractivity contribution in [3.8, 4) is 0 Å². The standard InChI is InChI=1S/C40H61N7O9S.C32H57N7O7S.C32H56N6O7S/c1-11-16-27(31(48)34(50)41-19-12-2)42-33(49)30-29-26(40(29,9)10)22-46(30)35(51)32(39(6,7)8)44-36(52)43-28(38(3,4)5)23-45-20-21-47(57(45,54)55)37(53)56-24-25-17-14-13-15-18-25;1-12-14-20(24(40)27(42)33-10)34-26(41)23-22-19(32(22,8)9)17-39(23)28(43)25(31(5,6)7)36-29(44)35-21(30(2,3)4)18-38-16-13-15-37(11)47(38,45)46;1-11-12-14-20(24(39)27(41)33-10)34-26(40)23-22-19(32(22,8)9)17-38(23)28(42)25(31(5,6)7)36-29(43)35-21(30(2,3)4)18-37-15-13-16-46(37,44)45/h12-15,17-18,26-30,32H,2,11,16,19-24H2,1,3-10H3,(H,41,50)(H,42,49)(H2,43,44,52);19-23,25H,12-18H2,1-11H3,(H,33,42)(H,34,41)(H2,35,36,44);19-23,25H,11-18H2,1-10H3,(H,33,41)(H,34,40)(H2,35,36,43)/t26-,27?,28+,29-,30-,32+;2*19-,20?,21+,22-,23-,25+/m000/s1. The summed E-state index contributed by atoms with van der Waals surface area (Å²) in [5.41, 5.74) is -3.95. The number of rotatable bonds is 38. The summed E-state index contributed by atoms with van der Waals surface area (Å²) in [6.07, 6.45) is 4.91. The zero-order chi connectivity index (χ0) is 114. The van der Waals surface area contributed by atoms with Gasteiger partial charge in [-0.15, -0.1) is 6.58 Å². The van der Waals surface area contributed by atoms with E-state index in [4.69, 9.17) is 4.74 Å². The Morgan fingerprint density at radius 1 is 0.420 bits per heavy atom. The Morgan fingerprint density at radius 3 is 1.08 bits per heavy atom. The van der Waals surface area contributed by atoms with E-state index in [2.05, 4.69) is 84.2 Å². The molecule has 43 nitrogen and oxygen atoms in total. The maximum atomic E-state index is 14.5. The molecule has 46 heteroatoms. The summed E-state index contributed by atoms with van der Waals surface area (Å²) in [5, 5.41) is 32.7. The van der Waals surface area contributed by atoms with Gasteiger partial charge in [-0.05, 0) is 122 Å². The molecular formula is C104H174N20O23S3. The van der Waals surface area contributed by atoms with Crippen molar-refractivity contribution in [2.24, 2.45) is 84.2 Å². The minimum atomic E-state index is -4.27. The summed E-state index contributed by atoms with van der Waals surface area (Å²) < 4.78 is 89.1. The van der Waals surface area contributed by atoms with Gasteiger partial charge < -0.3 is 83.2 Å². The number of Topliss-reactive ketones (excluding diaryl/α,β-unsaturated/α-hetero) is 3. The molecule has 6 saturated heterocycles. The molecule has 0 aromatic heterocycles. The van der Waals surface area contributed by atoms with Crippen LogP contribution in [0.15, 0.2) is 43.0 Å². The van der Waals surface area contributed by atoms with Crippen molar-refractivity contribution >= 4 is 125 Å². The molecule has 846 valence electrons. The molecule has 16 amide bonds. The summed E-state index contributed by atoms with van der Waals surface area (Å²) in [7, 11) is -7.06. The number of ketones is 3. The first-order valence-corrected chi connectivity index (χ1v) is 57.1. The Balaban J connectivity index is 0.000000276. The lowest BCUT2D eigenvalue weighted by Gasteiger charge is -2.40. The van der Waals surface area contributed by atoms with Gasteiger partial charge in [0.05, 0.1) is 30.4 Å². The van der Waals surface area contributed by atoms with Crippen molar-refractivity contribution in [1.82, 2.24) is 100 Å². The number of nitrogens with one attached hydrogen (secondary N) is 12. The second-order valence-electron chi connectivity index (χ2n) is 49.9. The number of amides is 16. The lowest BCUT2D eigenvalue weighted by atomic mass is 9.85. The Labute approximate surface area is 888 Å². The van der Waals surface area contributed by atoms with Gasteiger partial charge in [0.15, 0.2) is 0 Å². The zero-order valence-electron chi connectivity index (χ0n) is 94.0. The van der Waals surface area contributed by atoms with Gasteiger partial charge in [0.2, 0.25) is 62.8 Å². The third kappa shape index (κ3) is 29.7. The van der Waals surface area contributed by atoms with E-state index in [1.54, 1.807) is 45.0 Å². The molecule has 9 fully saturated rings. The van der Waals surface area contributed by atoms with E-state index in [0.29, 0.717) is 81.1 Å². The van der Waals surface area contributed by atoms with Crippen molar-refractivity contribution in [3.63, 3.8) is 0 Å². The Hall–Kier alpha value is -10.0. The van der Waals surface area contributed by atoms with Crippen LogP contribution >= 0.6 is 0 Å². The molecule has 18 atom stereocenters. The Kier molecular flexibility index (Phi) is 40.7. The van der Waals surface area contributed by atoms with Crippen molar-refractivity contribution < 1.29 is 107 Å². The average molecular weight is 2170 g/mol. The average Bonchev–Trinajstić information content (AvgIpc) is 1.53. The van der Waals surface area contributed by atoms with Crippen LogP contribution in [-0.2, 0) is 99.3 Å². The number of nitrogens with zero attached hydrogens (tertiary/aromatic N) is 8. The van der Waals surface area contributed by atoms with Gasteiger partial charge in [-0.1, -0.05) is 249 Å². The fourth-order valence-electron chi connectivity index (χ4n) is 21.3. The molecule has 1 aromatic rings. The molecule has 6 aliphatic heterocycles. The van der Waals surface area contributed by atoms with E-state index in [1.165, 1.54) is 54.8 Å². The van der Waals surface area contributed by atoms with Crippen LogP contribution in [0.2, 0.25) is 0 Å². The zero-order valence-corrected chi connectivity index (χ0v) is 96.5. The summed E-state index contributed by atoms with van der Waals surface area (Å²) >= 11 is 0. The number of likely N-dealkylation sites (N-methyl/N-ethyl adjacent to an activating group) is 2. The van der Waals surface area contributed by atoms with Gasteiger partial charge in [0.1, 0.15) is 42.9 Å². The molecule has 0 spiro atoms. The van der Waals surface area contributed by atoms with Crippen LogP contribution in [0.1, 0.15) is 250 Å². The maximum Gasteiger partial charge on any atom is 0.424 e. The number of hydrogen-bond donors (Lipinski definition) is 12. The largest absolute Gasteiger partial charge is 0.444 e. The minimum Gasteiger partial charge on any atom is -0.444 e. The number of urea groups is 3. The number of benzene rings is 1. The Bertz CT molecular complexity index is 5490. The summed E-state index contributed by atoms with van der Waals surface area (Å²) in [6, 6.07) is -3.90. The maximum absolute atomic E-state index is 14.5. The topological polar surface area (TPSA) is 555 Å². The van der Waals surface area contributed by atoms with Crippen LogP contribution < -0.4 is 63.8 Å². The molecule has 6 heterocycles. The highest BCUT2D eigenvalue weighted by molar-refractivity contribution is 7.89. The highest BCUT2D eigenvalue weighted by Gasteiger charge is 2.73. The van der Waals surface area contributed by atoms with Crippen LogP contribution in [0.4, 0.5) is 19.2 Å². The van der Waals surface area contributed by atoms with E-state index in [1.807, 2.05) is 158 Å². The number of sulfonamides is 1. The minimum absolute atomic E-state index is 0.00530. The van der Waals surface area contributed by atoms with Gasteiger partial charge in [-0.3, -0.25) is 57.5 Å². The highest BCUT2D eigenvalue weighted by Crippen LogP contribution is 2.67. The Morgan fingerprint density at radius 2 is 0.760 bits per heavy atom. The number of piperidine rings is 3. The monoisotopic (exact) mass is 2170 g/mol. The van der Waals surface area contributed by atoms with E-state index in [-0.39, 0.29) is 123 Å². The highest BCUT2D eigenvalue weighted by atomic mass is 32.2. The van der Waals surface area contributed by atoms with Crippen LogP contribution in [0.5, 0.6) is 0 Å². The molecule has 12 N–H and O–H groups in total. The number of unbranched alkanes of at least 4 members (excludes halogenated alkanes) is 1. The number of hydrogen-bond acceptors (Lipinski definition) is 23. The summed E-state index contributed by atoms with van der Waals surface area (Å²) in [6.45, 7) is 56.6. The molecule has 9 aliphatic rings. The van der Waals surface area contributed by atoms with Crippen molar-refractivity contribution in [2.45, 2.75) is 324 Å². The predicted molar refractivity (Wildman–Crippen MR) is 566 cm³/mol. The predicted octanol–water partition coefficient (Wildman–Crippen LogP) is 5.66. The molecule has 3 saturated carbocycles. The number of carbonyl (C=O) groups excluding carboxylic acids is 16. The van der Waals surface area contributed by atoms with Crippen LogP contribution in [0.3, 0.4) is 0 Å². The van der Waals surface area contributed by atoms with Crippen LogP contribution in [0, 0.1) is 84.2 Å². The van der Waals surface area contributed by atoms with Crippen molar-refractivity contribution in [3.05, 3.63) is 48.6 Å². The molecule has 10 rings (SSSR count). The first-order valence-electron chi connectivity index (χ1n) is 52.7. The van der Waals surface area contributed by atoms with Gasteiger partial charge in [0.25, 0.3) is 27.9 Å². The lowest BCUT2D eigenvalue weighted by molar-refractivity contribution is -0.145. The van der Waals surface area contributed by atoms with Gasteiger partial charge in [0, 0.05) is 111 Å². The molecule has 1 aromatic carbocycles. The smallest absolute Gasteiger partial charge is 0.424 e. The lowest BCUT2D eigenvalue weighted by Crippen LogP contribution is -2.63. The third-order valence-corrected chi connectivity index (χ3v) is 37.2. The normalized spacial score (nSPS) is 24.6. The fourth-order valence-corrected chi connectivity index (χ4v) is 25.8. The molecule has 3 aliphatic carbocycles. The van der Waals surface area contributed by atoms with Gasteiger partial charge >= 0.3 is 34.4 Å².